The highest BCUT2D eigenvalue weighted by Gasteiger charge is 2.08. The van der Waals surface area contributed by atoms with Gasteiger partial charge in [0.1, 0.15) is 0 Å². The lowest BCUT2D eigenvalue weighted by atomic mass is 9.93. The van der Waals surface area contributed by atoms with Gasteiger partial charge in [0.15, 0.2) is 0 Å². The zero-order chi connectivity index (χ0) is 12.0. The third-order valence-corrected chi connectivity index (χ3v) is 3.75. The van der Waals surface area contributed by atoms with Crippen molar-refractivity contribution < 1.29 is 0 Å². The van der Waals surface area contributed by atoms with E-state index in [1.165, 1.54) is 16.9 Å². The Morgan fingerprint density at radius 3 is 2.25 bits per heavy atom. The lowest BCUT2D eigenvalue weighted by Gasteiger charge is -2.14. The average molecular weight is 237 g/mol. The Balaban J connectivity index is 2.69. The molecule has 1 nitrogen and oxygen atoms in total. The summed E-state index contributed by atoms with van der Waals surface area (Å²) >= 11 is 1.92. The van der Waals surface area contributed by atoms with Gasteiger partial charge in [-0.3, -0.25) is 0 Å². The van der Waals surface area contributed by atoms with Gasteiger partial charge in [-0.25, -0.2) is 0 Å². The standard InChI is InChI=1S/C14H23NS/c1-4-12(9-10-15)13-5-7-14(8-6-13)16-11(2)3/h5-8,11-12H,4,9-10,15H2,1-3H3. The van der Waals surface area contributed by atoms with Crippen molar-refractivity contribution in [2.45, 2.75) is 49.7 Å². The van der Waals surface area contributed by atoms with E-state index in [0.717, 1.165) is 13.0 Å². The van der Waals surface area contributed by atoms with Crippen LogP contribution in [0.3, 0.4) is 0 Å². The first-order valence-corrected chi connectivity index (χ1v) is 7.02. The summed E-state index contributed by atoms with van der Waals surface area (Å²) in [6, 6.07) is 8.99. The number of thioether (sulfide) groups is 1. The largest absolute Gasteiger partial charge is 0.330 e. The van der Waals surface area contributed by atoms with Crippen LogP contribution in [-0.4, -0.2) is 11.8 Å². The zero-order valence-corrected chi connectivity index (χ0v) is 11.4. The molecular weight excluding hydrogens is 214 g/mol. The molecular formula is C14H23NS. The molecule has 0 aromatic heterocycles. The minimum atomic E-state index is 0.628. The molecule has 0 aliphatic rings. The summed E-state index contributed by atoms with van der Waals surface area (Å²) in [7, 11) is 0. The Morgan fingerprint density at radius 1 is 1.19 bits per heavy atom. The summed E-state index contributed by atoms with van der Waals surface area (Å²) in [5, 5.41) is 0.650. The van der Waals surface area contributed by atoms with Crippen LogP contribution in [0.2, 0.25) is 0 Å². The third kappa shape index (κ3) is 4.18. The van der Waals surface area contributed by atoms with E-state index in [1.807, 2.05) is 11.8 Å². The van der Waals surface area contributed by atoms with E-state index in [0.29, 0.717) is 11.2 Å². The molecule has 1 unspecified atom stereocenters. The van der Waals surface area contributed by atoms with Gasteiger partial charge in [0.2, 0.25) is 0 Å². The van der Waals surface area contributed by atoms with Gasteiger partial charge in [0.05, 0.1) is 0 Å². The molecule has 0 aliphatic carbocycles. The van der Waals surface area contributed by atoms with Crippen LogP contribution in [0.25, 0.3) is 0 Å². The van der Waals surface area contributed by atoms with E-state index in [2.05, 4.69) is 45.0 Å². The number of benzene rings is 1. The Morgan fingerprint density at radius 2 is 1.81 bits per heavy atom. The van der Waals surface area contributed by atoms with Crippen LogP contribution in [0.4, 0.5) is 0 Å². The van der Waals surface area contributed by atoms with Crippen molar-refractivity contribution in [1.82, 2.24) is 0 Å². The maximum absolute atomic E-state index is 5.63. The van der Waals surface area contributed by atoms with Crippen LogP contribution in [0, 0.1) is 0 Å². The molecule has 0 saturated carbocycles. The van der Waals surface area contributed by atoms with Crippen molar-refractivity contribution in [1.29, 1.82) is 0 Å². The normalized spacial score (nSPS) is 13.1. The highest BCUT2D eigenvalue weighted by Crippen LogP contribution is 2.27. The van der Waals surface area contributed by atoms with E-state index < -0.39 is 0 Å². The first-order chi connectivity index (χ1) is 7.67. The highest BCUT2D eigenvalue weighted by atomic mass is 32.2. The van der Waals surface area contributed by atoms with Crippen molar-refractivity contribution in [3.63, 3.8) is 0 Å². The SMILES string of the molecule is CCC(CCN)c1ccc(SC(C)C)cc1. The smallest absolute Gasteiger partial charge is 0.00747 e. The van der Waals surface area contributed by atoms with Crippen LogP contribution in [0.15, 0.2) is 29.2 Å². The first kappa shape index (κ1) is 13.6. The molecule has 0 bridgehead atoms. The van der Waals surface area contributed by atoms with Crippen LogP contribution < -0.4 is 5.73 Å². The molecule has 0 heterocycles. The second-order valence-corrected chi connectivity index (χ2v) is 6.07. The van der Waals surface area contributed by atoms with Gasteiger partial charge in [0.25, 0.3) is 0 Å². The summed E-state index contributed by atoms with van der Waals surface area (Å²) in [5.41, 5.74) is 7.07. The molecule has 0 fully saturated rings. The van der Waals surface area contributed by atoms with Crippen LogP contribution >= 0.6 is 11.8 Å². The number of nitrogens with two attached hydrogens (primary N) is 1. The lowest BCUT2D eigenvalue weighted by molar-refractivity contribution is 0.614. The van der Waals surface area contributed by atoms with Gasteiger partial charge in [0, 0.05) is 10.1 Å². The maximum atomic E-state index is 5.63. The van der Waals surface area contributed by atoms with Crippen LogP contribution in [0.5, 0.6) is 0 Å². The summed E-state index contributed by atoms with van der Waals surface area (Å²) in [6.07, 6.45) is 2.26. The highest BCUT2D eigenvalue weighted by molar-refractivity contribution is 7.99. The maximum Gasteiger partial charge on any atom is 0.00747 e. The predicted molar refractivity (Wildman–Crippen MR) is 74.1 cm³/mol. The third-order valence-electron chi connectivity index (χ3n) is 2.73. The quantitative estimate of drug-likeness (QED) is 0.756. The summed E-state index contributed by atoms with van der Waals surface area (Å²) < 4.78 is 0. The Labute approximate surface area is 104 Å². The summed E-state index contributed by atoms with van der Waals surface area (Å²) in [5.74, 6) is 0.628. The molecule has 0 amide bonds. The molecule has 0 saturated heterocycles. The van der Waals surface area contributed by atoms with Crippen molar-refractivity contribution in [3.05, 3.63) is 29.8 Å². The fraction of sp³-hybridized carbons (Fsp3) is 0.571. The van der Waals surface area contributed by atoms with Crippen molar-refractivity contribution in [2.75, 3.05) is 6.54 Å². The second-order valence-electron chi connectivity index (χ2n) is 4.42. The van der Waals surface area contributed by atoms with E-state index >= 15 is 0 Å². The molecule has 1 rings (SSSR count). The van der Waals surface area contributed by atoms with Gasteiger partial charge < -0.3 is 5.73 Å². The Kier molecular flexibility index (Phi) is 5.93. The zero-order valence-electron chi connectivity index (χ0n) is 10.6. The van der Waals surface area contributed by atoms with Crippen LogP contribution in [-0.2, 0) is 0 Å². The second kappa shape index (κ2) is 6.97. The van der Waals surface area contributed by atoms with Gasteiger partial charge in [-0.1, -0.05) is 32.9 Å². The molecule has 2 heteroatoms. The molecule has 0 spiro atoms. The van der Waals surface area contributed by atoms with Crippen LogP contribution in [0.1, 0.15) is 45.1 Å². The Hall–Kier alpha value is -0.470. The van der Waals surface area contributed by atoms with Gasteiger partial charge in [-0.15, -0.1) is 11.8 Å². The molecule has 16 heavy (non-hydrogen) atoms. The molecule has 1 aromatic carbocycles. The van der Waals surface area contributed by atoms with Gasteiger partial charge >= 0.3 is 0 Å². The summed E-state index contributed by atoms with van der Waals surface area (Å²) in [6.45, 7) is 7.46. The molecule has 0 radical (unpaired) electrons. The van der Waals surface area contributed by atoms with E-state index in [-0.39, 0.29) is 0 Å². The molecule has 1 aromatic rings. The lowest BCUT2D eigenvalue weighted by Crippen LogP contribution is -2.06. The van der Waals surface area contributed by atoms with Crippen molar-refractivity contribution in [3.8, 4) is 0 Å². The minimum Gasteiger partial charge on any atom is -0.330 e. The molecule has 2 N–H and O–H groups in total. The van der Waals surface area contributed by atoms with Crippen molar-refractivity contribution in [2.24, 2.45) is 5.73 Å². The number of hydrogen-bond donors (Lipinski definition) is 1. The monoisotopic (exact) mass is 237 g/mol. The minimum absolute atomic E-state index is 0.628. The van der Waals surface area contributed by atoms with Gasteiger partial charge in [-0.2, -0.15) is 0 Å². The predicted octanol–water partition coefficient (Wildman–Crippen LogP) is 4.03. The average Bonchev–Trinajstić information content (AvgIpc) is 2.26. The first-order valence-electron chi connectivity index (χ1n) is 6.14. The van der Waals surface area contributed by atoms with E-state index in [4.69, 9.17) is 5.73 Å². The van der Waals surface area contributed by atoms with E-state index in [9.17, 15) is 0 Å². The summed E-state index contributed by atoms with van der Waals surface area (Å²) in [4.78, 5) is 1.36. The topological polar surface area (TPSA) is 26.0 Å². The number of hydrogen-bond acceptors (Lipinski definition) is 2. The Bertz CT molecular complexity index is 292. The van der Waals surface area contributed by atoms with Gasteiger partial charge in [-0.05, 0) is 43.0 Å². The molecule has 1 atom stereocenters. The fourth-order valence-electron chi connectivity index (χ4n) is 1.90. The number of rotatable bonds is 6. The molecule has 0 aliphatic heterocycles. The molecule has 90 valence electrons. The van der Waals surface area contributed by atoms with Crippen molar-refractivity contribution >= 4 is 11.8 Å². The fourth-order valence-corrected chi connectivity index (χ4v) is 2.74. The van der Waals surface area contributed by atoms with E-state index in [1.54, 1.807) is 0 Å².